The van der Waals surface area contributed by atoms with Crippen LogP contribution in [-0.2, 0) is 0 Å². The Bertz CT molecular complexity index is 884. The number of para-hydroxylation sites is 1. The van der Waals surface area contributed by atoms with Crippen molar-refractivity contribution >= 4 is 27.5 Å². The zero-order valence-corrected chi connectivity index (χ0v) is 14.6. The number of alkyl halides is 3. The van der Waals surface area contributed by atoms with Crippen molar-refractivity contribution in [1.29, 1.82) is 0 Å². The number of hydrazone groups is 1. The van der Waals surface area contributed by atoms with Gasteiger partial charge in [0.25, 0.3) is 11.6 Å². The first-order valence-electron chi connectivity index (χ1n) is 7.38. The van der Waals surface area contributed by atoms with Gasteiger partial charge < -0.3 is 10.2 Å². The molecule has 9 heteroatoms. The van der Waals surface area contributed by atoms with Crippen molar-refractivity contribution in [3.63, 3.8) is 0 Å². The van der Waals surface area contributed by atoms with Crippen LogP contribution in [0, 0.1) is 0 Å². The highest BCUT2D eigenvalue weighted by atomic mass is 79.9. The van der Waals surface area contributed by atoms with Crippen molar-refractivity contribution < 1.29 is 28.2 Å². The van der Waals surface area contributed by atoms with E-state index in [1.54, 1.807) is 12.1 Å². The zero-order chi connectivity index (χ0) is 19.1. The molecular weight excluding hydrogens is 417 g/mol. The molecule has 0 aliphatic carbocycles. The Morgan fingerprint density at radius 3 is 2.35 bits per heavy atom. The van der Waals surface area contributed by atoms with Crippen LogP contribution in [0.1, 0.15) is 22.3 Å². The maximum atomic E-state index is 13.5. The van der Waals surface area contributed by atoms with E-state index in [2.05, 4.69) is 21.0 Å². The molecule has 0 aromatic heterocycles. The fourth-order valence-corrected chi connectivity index (χ4v) is 2.82. The predicted molar refractivity (Wildman–Crippen MR) is 90.6 cm³/mol. The number of phenolic OH excluding ortho intramolecular Hbond substituents is 1. The standard InChI is InChI=1S/C17H12BrF3N2O3/c18-11-7-5-10(6-8-11)13-9-16(26,17(19,20)21)23(22-13)15(25)12-3-1-2-4-14(12)24/h1-8,24,26H,9H2/t16-/m0/s1. The quantitative estimate of drug-likeness (QED) is 0.766. The molecule has 1 amide bonds. The van der Waals surface area contributed by atoms with E-state index < -0.39 is 35.5 Å². The van der Waals surface area contributed by atoms with Gasteiger partial charge in [-0.15, -0.1) is 0 Å². The molecule has 2 N–H and O–H groups in total. The van der Waals surface area contributed by atoms with E-state index in [-0.39, 0.29) is 10.7 Å². The number of carbonyl (C=O) groups is 1. The number of halogens is 4. The van der Waals surface area contributed by atoms with Crippen LogP contribution in [0.4, 0.5) is 13.2 Å². The van der Waals surface area contributed by atoms with E-state index in [9.17, 15) is 28.2 Å². The second-order valence-electron chi connectivity index (χ2n) is 5.68. The third-order valence-corrected chi connectivity index (χ3v) is 4.47. The lowest BCUT2D eigenvalue weighted by Gasteiger charge is -2.32. The maximum absolute atomic E-state index is 13.5. The third kappa shape index (κ3) is 3.08. The van der Waals surface area contributed by atoms with Gasteiger partial charge >= 0.3 is 6.18 Å². The van der Waals surface area contributed by atoms with Gasteiger partial charge in [-0.25, -0.2) is 0 Å². The lowest BCUT2D eigenvalue weighted by Crippen LogP contribution is -2.56. The van der Waals surface area contributed by atoms with Gasteiger partial charge in [0.2, 0.25) is 0 Å². The molecule has 1 aliphatic heterocycles. The van der Waals surface area contributed by atoms with Gasteiger partial charge in [-0.05, 0) is 29.8 Å². The Labute approximate surface area is 154 Å². The summed E-state index contributed by atoms with van der Waals surface area (Å²) in [6, 6.07) is 11.4. The summed E-state index contributed by atoms with van der Waals surface area (Å²) in [5, 5.41) is 23.7. The van der Waals surface area contributed by atoms with Crippen molar-refractivity contribution in [3.05, 3.63) is 64.1 Å². The predicted octanol–water partition coefficient (Wildman–Crippen LogP) is 3.66. The Morgan fingerprint density at radius 2 is 1.77 bits per heavy atom. The van der Waals surface area contributed by atoms with E-state index in [0.717, 1.165) is 12.1 Å². The molecule has 0 fully saturated rings. The smallest absolute Gasteiger partial charge is 0.438 e. The van der Waals surface area contributed by atoms with Crippen molar-refractivity contribution in [2.45, 2.75) is 18.3 Å². The van der Waals surface area contributed by atoms with Gasteiger partial charge in [0.1, 0.15) is 5.75 Å². The molecule has 0 radical (unpaired) electrons. The lowest BCUT2D eigenvalue weighted by molar-refractivity contribution is -0.297. The molecule has 1 aliphatic rings. The summed E-state index contributed by atoms with van der Waals surface area (Å²) in [6.45, 7) is 0. The molecule has 0 bridgehead atoms. The Morgan fingerprint density at radius 1 is 1.15 bits per heavy atom. The number of carbonyl (C=O) groups excluding carboxylic acids is 1. The number of amides is 1. The van der Waals surface area contributed by atoms with Crippen LogP contribution >= 0.6 is 15.9 Å². The minimum Gasteiger partial charge on any atom is -0.507 e. The number of hydrogen-bond donors (Lipinski definition) is 2. The second kappa shape index (κ2) is 6.40. The van der Waals surface area contributed by atoms with Crippen LogP contribution < -0.4 is 0 Å². The molecule has 136 valence electrons. The van der Waals surface area contributed by atoms with Gasteiger partial charge in [0, 0.05) is 4.47 Å². The summed E-state index contributed by atoms with van der Waals surface area (Å²) in [7, 11) is 0. The van der Waals surface area contributed by atoms with Crippen LogP contribution in [0.15, 0.2) is 58.1 Å². The van der Waals surface area contributed by atoms with E-state index >= 15 is 0 Å². The monoisotopic (exact) mass is 428 g/mol. The number of phenols is 1. The highest BCUT2D eigenvalue weighted by molar-refractivity contribution is 9.10. The first-order valence-corrected chi connectivity index (χ1v) is 8.18. The van der Waals surface area contributed by atoms with Crippen LogP contribution in [-0.4, -0.2) is 38.7 Å². The topological polar surface area (TPSA) is 73.1 Å². The molecule has 5 nitrogen and oxygen atoms in total. The number of benzene rings is 2. The normalized spacial score (nSPS) is 20.2. The number of aromatic hydroxyl groups is 1. The van der Waals surface area contributed by atoms with Crippen molar-refractivity contribution in [2.75, 3.05) is 0 Å². The molecule has 3 rings (SSSR count). The number of aliphatic hydroxyl groups is 1. The highest BCUT2D eigenvalue weighted by Gasteiger charge is 2.63. The zero-order valence-electron chi connectivity index (χ0n) is 13.0. The highest BCUT2D eigenvalue weighted by Crippen LogP contribution is 2.42. The van der Waals surface area contributed by atoms with E-state index in [4.69, 9.17) is 0 Å². The van der Waals surface area contributed by atoms with Crippen molar-refractivity contribution in [2.24, 2.45) is 5.10 Å². The minimum atomic E-state index is -5.15. The molecule has 26 heavy (non-hydrogen) atoms. The molecule has 2 aromatic carbocycles. The number of hydrogen-bond acceptors (Lipinski definition) is 4. The number of rotatable bonds is 2. The fraction of sp³-hybridized carbons (Fsp3) is 0.176. The number of nitrogens with zero attached hydrogens (tertiary/aromatic N) is 2. The van der Waals surface area contributed by atoms with Crippen molar-refractivity contribution in [1.82, 2.24) is 5.01 Å². The summed E-state index contributed by atoms with van der Waals surface area (Å²) in [4.78, 5) is 12.6. The van der Waals surface area contributed by atoms with Crippen molar-refractivity contribution in [3.8, 4) is 5.75 Å². The molecule has 0 unspecified atom stereocenters. The summed E-state index contributed by atoms with van der Waals surface area (Å²) in [6.07, 6.45) is -6.06. The second-order valence-corrected chi connectivity index (χ2v) is 6.59. The minimum absolute atomic E-state index is 0.0145. The van der Waals surface area contributed by atoms with E-state index in [1.165, 1.54) is 24.3 Å². The molecule has 1 heterocycles. The molecule has 1 atom stereocenters. The van der Waals surface area contributed by atoms with E-state index in [0.29, 0.717) is 10.0 Å². The Hall–Kier alpha value is -2.39. The molecule has 0 saturated heterocycles. The average molecular weight is 429 g/mol. The van der Waals surface area contributed by atoms with Crippen LogP contribution in [0.2, 0.25) is 0 Å². The van der Waals surface area contributed by atoms with Gasteiger partial charge in [0.05, 0.1) is 17.7 Å². The molecule has 2 aromatic rings. The third-order valence-electron chi connectivity index (χ3n) is 3.94. The SMILES string of the molecule is O=C(c1ccccc1O)N1N=C(c2ccc(Br)cc2)C[C@]1(O)C(F)(F)F. The van der Waals surface area contributed by atoms with Crippen LogP contribution in [0.3, 0.4) is 0 Å². The van der Waals surface area contributed by atoms with Gasteiger partial charge in [-0.1, -0.05) is 40.2 Å². The van der Waals surface area contributed by atoms with Crippen LogP contribution in [0.5, 0.6) is 5.75 Å². The molecular formula is C17H12BrF3N2O3. The fourth-order valence-electron chi connectivity index (χ4n) is 2.55. The lowest BCUT2D eigenvalue weighted by atomic mass is 10.0. The maximum Gasteiger partial charge on any atom is 0.438 e. The summed E-state index contributed by atoms with van der Waals surface area (Å²) >= 11 is 3.22. The Balaban J connectivity index is 2.07. The van der Waals surface area contributed by atoms with Gasteiger partial charge in [-0.2, -0.15) is 23.3 Å². The average Bonchev–Trinajstić information content (AvgIpc) is 2.94. The van der Waals surface area contributed by atoms with Crippen LogP contribution in [0.25, 0.3) is 0 Å². The first kappa shape index (κ1) is 18.4. The van der Waals surface area contributed by atoms with E-state index in [1.807, 2.05) is 0 Å². The molecule has 0 saturated carbocycles. The summed E-state index contributed by atoms with van der Waals surface area (Å²) in [5.41, 5.74) is -3.66. The summed E-state index contributed by atoms with van der Waals surface area (Å²) < 4.78 is 41.3. The summed E-state index contributed by atoms with van der Waals surface area (Å²) in [5.74, 6) is -1.76. The molecule has 0 spiro atoms. The van der Waals surface area contributed by atoms with Gasteiger partial charge in [-0.3, -0.25) is 4.79 Å². The Kier molecular flexibility index (Phi) is 4.53. The first-order chi connectivity index (χ1) is 12.1. The largest absolute Gasteiger partial charge is 0.507 e. The van der Waals surface area contributed by atoms with Gasteiger partial charge in [0.15, 0.2) is 0 Å².